The summed E-state index contributed by atoms with van der Waals surface area (Å²) >= 11 is 0. The van der Waals surface area contributed by atoms with Gasteiger partial charge in [0.15, 0.2) is 0 Å². The molecule has 0 radical (unpaired) electrons. The molecule has 1 aliphatic rings. The maximum absolute atomic E-state index is 8.92. The Kier molecular flexibility index (Phi) is 4.16. The molecule has 1 nitrogen and oxygen atoms in total. The van der Waals surface area contributed by atoms with Crippen molar-refractivity contribution in [3.8, 4) is 0 Å². The van der Waals surface area contributed by atoms with E-state index in [0.717, 1.165) is 25.7 Å². The van der Waals surface area contributed by atoms with Crippen molar-refractivity contribution < 1.29 is 5.11 Å². The Morgan fingerprint density at radius 3 is 2.53 bits per heavy atom. The zero-order valence-electron chi connectivity index (χ0n) is 10.2. The summed E-state index contributed by atoms with van der Waals surface area (Å²) in [6, 6.07) is 10.7. The van der Waals surface area contributed by atoms with Crippen LogP contribution in [0, 0.1) is 0 Å². The molecule has 0 aromatic heterocycles. The molecule has 0 aliphatic heterocycles. The predicted octanol–water partition coefficient (Wildman–Crippen LogP) is 3.60. The van der Waals surface area contributed by atoms with Crippen LogP contribution in [0.3, 0.4) is 0 Å². The van der Waals surface area contributed by atoms with Crippen molar-refractivity contribution in [1.82, 2.24) is 0 Å². The molecule has 1 N–H and O–H groups in total. The maximum Gasteiger partial charge on any atom is 0.0431 e. The van der Waals surface area contributed by atoms with E-state index < -0.39 is 0 Å². The first-order valence-corrected chi connectivity index (χ1v) is 6.38. The van der Waals surface area contributed by atoms with Crippen molar-refractivity contribution in [2.24, 2.45) is 0 Å². The minimum absolute atomic E-state index is 0.144. The molecule has 17 heavy (non-hydrogen) atoms. The van der Waals surface area contributed by atoms with Gasteiger partial charge in [0.05, 0.1) is 0 Å². The minimum atomic E-state index is 0.144. The van der Waals surface area contributed by atoms with Crippen LogP contribution >= 0.6 is 0 Å². The van der Waals surface area contributed by atoms with Crippen molar-refractivity contribution in [3.05, 3.63) is 60.2 Å². The number of allylic oxidation sites excluding steroid dienone is 4. The predicted molar refractivity (Wildman–Crippen MR) is 72.0 cm³/mol. The van der Waals surface area contributed by atoms with E-state index >= 15 is 0 Å². The second-order valence-corrected chi connectivity index (χ2v) is 4.69. The van der Waals surface area contributed by atoms with Gasteiger partial charge in [0, 0.05) is 12.0 Å². The Balaban J connectivity index is 2.19. The third-order valence-corrected chi connectivity index (χ3v) is 3.52. The Morgan fingerprint density at radius 2 is 1.88 bits per heavy atom. The first kappa shape index (κ1) is 12.1. The van der Waals surface area contributed by atoms with E-state index in [1.165, 1.54) is 5.56 Å². The highest BCUT2D eigenvalue weighted by atomic mass is 16.2. The van der Waals surface area contributed by atoms with Gasteiger partial charge >= 0.3 is 0 Å². The summed E-state index contributed by atoms with van der Waals surface area (Å²) in [5.74, 6) is 0. The van der Waals surface area contributed by atoms with Gasteiger partial charge in [-0.2, -0.15) is 0 Å². The lowest BCUT2D eigenvalue weighted by atomic mass is 9.72. The van der Waals surface area contributed by atoms with Gasteiger partial charge in [0.25, 0.3) is 0 Å². The molecular weight excluding hydrogens is 208 g/mol. The normalized spacial score (nSPS) is 22.9. The summed E-state index contributed by atoms with van der Waals surface area (Å²) in [7, 11) is 0. The minimum Gasteiger partial charge on any atom is -0.396 e. The third-order valence-electron chi connectivity index (χ3n) is 3.52. The highest BCUT2D eigenvalue weighted by Crippen LogP contribution is 2.37. The van der Waals surface area contributed by atoms with Crippen LogP contribution in [0.25, 0.3) is 0 Å². The molecule has 1 aliphatic carbocycles. The van der Waals surface area contributed by atoms with Crippen molar-refractivity contribution in [3.63, 3.8) is 0 Å². The number of benzene rings is 1. The van der Waals surface area contributed by atoms with Gasteiger partial charge in [-0.15, -0.1) is 0 Å². The summed E-state index contributed by atoms with van der Waals surface area (Å²) in [6.45, 7) is 0.296. The average Bonchev–Trinajstić information content (AvgIpc) is 2.41. The van der Waals surface area contributed by atoms with E-state index in [0.29, 0.717) is 6.61 Å². The lowest BCUT2D eigenvalue weighted by Crippen LogP contribution is -2.24. The van der Waals surface area contributed by atoms with Gasteiger partial charge in [-0.25, -0.2) is 0 Å². The summed E-state index contributed by atoms with van der Waals surface area (Å²) in [6.07, 6.45) is 13.0. The molecule has 0 spiro atoms. The Bertz CT molecular complexity index is 391. The zero-order valence-corrected chi connectivity index (χ0v) is 10.2. The molecule has 1 unspecified atom stereocenters. The smallest absolute Gasteiger partial charge is 0.0431 e. The summed E-state index contributed by atoms with van der Waals surface area (Å²) in [5, 5.41) is 8.92. The molecule has 0 bridgehead atoms. The monoisotopic (exact) mass is 228 g/mol. The Morgan fingerprint density at radius 1 is 1.06 bits per heavy atom. The van der Waals surface area contributed by atoms with Crippen LogP contribution in [0.5, 0.6) is 0 Å². The second-order valence-electron chi connectivity index (χ2n) is 4.69. The third kappa shape index (κ3) is 2.86. The lowest BCUT2D eigenvalue weighted by molar-refractivity contribution is 0.277. The van der Waals surface area contributed by atoms with Crippen LogP contribution in [-0.2, 0) is 5.41 Å². The number of aliphatic hydroxyl groups is 1. The van der Waals surface area contributed by atoms with E-state index in [1.807, 2.05) is 0 Å². The molecule has 0 amide bonds. The largest absolute Gasteiger partial charge is 0.396 e. The van der Waals surface area contributed by atoms with Gasteiger partial charge in [0.2, 0.25) is 0 Å². The molecule has 0 saturated carbocycles. The second kappa shape index (κ2) is 5.83. The molecule has 0 saturated heterocycles. The quantitative estimate of drug-likeness (QED) is 0.763. The summed E-state index contributed by atoms with van der Waals surface area (Å²) in [4.78, 5) is 0. The molecule has 1 heteroatoms. The van der Waals surface area contributed by atoms with Crippen LogP contribution in [-0.4, -0.2) is 11.7 Å². The lowest BCUT2D eigenvalue weighted by Gasteiger charge is -2.32. The van der Waals surface area contributed by atoms with Crippen LogP contribution in [0.15, 0.2) is 54.6 Å². The highest BCUT2D eigenvalue weighted by molar-refractivity contribution is 5.35. The van der Waals surface area contributed by atoms with Crippen LogP contribution in [0.1, 0.15) is 31.2 Å². The first-order chi connectivity index (χ1) is 8.37. The standard InChI is InChI=1S/C16H20O/c17-14-8-7-13-16(11-5-2-6-12-16)15-9-3-1-4-10-15/h1-6,9-11,17H,7-8,12-14H2. The molecule has 1 aromatic carbocycles. The number of hydrogen-bond acceptors (Lipinski definition) is 1. The molecule has 0 heterocycles. The molecule has 1 atom stereocenters. The SMILES string of the molecule is OCCCCC1(c2ccccc2)C=CC=CC1. The van der Waals surface area contributed by atoms with Crippen molar-refractivity contribution in [1.29, 1.82) is 0 Å². The zero-order chi connectivity index (χ0) is 12.0. The first-order valence-electron chi connectivity index (χ1n) is 6.38. The molecular formula is C16H20O. The van der Waals surface area contributed by atoms with Crippen LogP contribution in [0.4, 0.5) is 0 Å². The molecule has 2 rings (SSSR count). The van der Waals surface area contributed by atoms with Gasteiger partial charge in [-0.3, -0.25) is 0 Å². The summed E-state index contributed by atoms with van der Waals surface area (Å²) < 4.78 is 0. The van der Waals surface area contributed by atoms with Gasteiger partial charge in [-0.1, -0.05) is 54.6 Å². The highest BCUT2D eigenvalue weighted by Gasteiger charge is 2.28. The van der Waals surface area contributed by atoms with Crippen LogP contribution < -0.4 is 0 Å². The number of hydrogen-bond donors (Lipinski definition) is 1. The fourth-order valence-corrected chi connectivity index (χ4v) is 2.53. The topological polar surface area (TPSA) is 20.2 Å². The van der Waals surface area contributed by atoms with Crippen molar-refractivity contribution in [2.45, 2.75) is 31.1 Å². The van der Waals surface area contributed by atoms with E-state index in [1.54, 1.807) is 0 Å². The summed E-state index contributed by atoms with van der Waals surface area (Å²) in [5.41, 5.74) is 1.53. The Labute approximate surface area is 103 Å². The molecule has 90 valence electrons. The fraction of sp³-hybridized carbons (Fsp3) is 0.375. The van der Waals surface area contributed by atoms with E-state index in [-0.39, 0.29) is 5.41 Å². The van der Waals surface area contributed by atoms with Crippen LogP contribution in [0.2, 0.25) is 0 Å². The fourth-order valence-electron chi connectivity index (χ4n) is 2.53. The average molecular weight is 228 g/mol. The van der Waals surface area contributed by atoms with Crippen molar-refractivity contribution >= 4 is 0 Å². The van der Waals surface area contributed by atoms with E-state index in [4.69, 9.17) is 5.11 Å². The number of unbranched alkanes of at least 4 members (excludes halogenated alkanes) is 1. The van der Waals surface area contributed by atoms with Crippen molar-refractivity contribution in [2.75, 3.05) is 6.61 Å². The maximum atomic E-state index is 8.92. The number of aliphatic hydroxyl groups excluding tert-OH is 1. The van der Waals surface area contributed by atoms with Gasteiger partial charge in [-0.05, 0) is 31.2 Å². The van der Waals surface area contributed by atoms with Gasteiger partial charge in [0.1, 0.15) is 0 Å². The van der Waals surface area contributed by atoms with Gasteiger partial charge < -0.3 is 5.11 Å². The van der Waals surface area contributed by atoms with E-state index in [2.05, 4.69) is 54.6 Å². The molecule has 0 fully saturated rings. The molecule has 1 aromatic rings. The Hall–Kier alpha value is -1.34. The van der Waals surface area contributed by atoms with E-state index in [9.17, 15) is 0 Å². The number of rotatable bonds is 5.